The fourth-order valence-electron chi connectivity index (χ4n) is 7.94. The van der Waals surface area contributed by atoms with Crippen LogP contribution in [0, 0.1) is 17.8 Å². The van der Waals surface area contributed by atoms with Gasteiger partial charge >= 0.3 is 11.9 Å². The number of likely N-dealkylation sites (tertiary alicyclic amines) is 1. The first-order chi connectivity index (χ1) is 19.8. The van der Waals surface area contributed by atoms with E-state index in [1.807, 2.05) is 11.8 Å². The molecule has 0 aromatic carbocycles. The van der Waals surface area contributed by atoms with E-state index in [0.29, 0.717) is 41.2 Å². The van der Waals surface area contributed by atoms with E-state index in [0.717, 1.165) is 71.0 Å². The van der Waals surface area contributed by atoms with Gasteiger partial charge in [0.2, 0.25) is 0 Å². The van der Waals surface area contributed by atoms with E-state index in [-0.39, 0.29) is 23.4 Å². The molecule has 9 nitrogen and oxygen atoms in total. The van der Waals surface area contributed by atoms with Crippen LogP contribution in [0.3, 0.4) is 0 Å². The first kappa shape index (κ1) is 28.2. The van der Waals surface area contributed by atoms with Crippen LogP contribution in [0.25, 0.3) is 5.52 Å². The number of nitrogens with zero attached hydrogens (tertiary/aromatic N) is 4. The van der Waals surface area contributed by atoms with Crippen molar-refractivity contribution in [1.29, 1.82) is 0 Å². The highest BCUT2D eigenvalue weighted by atomic mass is 32.2. The summed E-state index contributed by atoms with van der Waals surface area (Å²) in [7, 11) is 2.09. The number of pyridine rings is 1. The second kappa shape index (κ2) is 11.1. The van der Waals surface area contributed by atoms with Crippen molar-refractivity contribution in [3.63, 3.8) is 0 Å². The number of imidazole rings is 1. The number of alkyl halides is 3. The minimum absolute atomic E-state index is 0.0482. The van der Waals surface area contributed by atoms with Crippen molar-refractivity contribution < 1.29 is 17.9 Å². The molecule has 0 amide bonds. The molecule has 4 aliphatic heterocycles. The summed E-state index contributed by atoms with van der Waals surface area (Å²) in [5.41, 5.74) is 6.07. The van der Waals surface area contributed by atoms with Gasteiger partial charge < -0.3 is 10.1 Å². The minimum Gasteiger partial charge on any atom is -0.381 e. The Kier molecular flexibility index (Phi) is 7.66. The molecule has 41 heavy (non-hydrogen) atoms. The molecule has 2 aromatic heterocycles. The molecule has 6 atom stereocenters. The van der Waals surface area contributed by atoms with E-state index < -0.39 is 11.7 Å². The van der Waals surface area contributed by atoms with Gasteiger partial charge in [-0.25, -0.2) is 15.6 Å². The van der Waals surface area contributed by atoms with E-state index in [2.05, 4.69) is 33.0 Å². The Morgan fingerprint density at radius 1 is 1.17 bits per heavy atom. The summed E-state index contributed by atoms with van der Waals surface area (Å²) >= 11 is 1.88. The number of ether oxygens (including phenoxy) is 1. The van der Waals surface area contributed by atoms with Gasteiger partial charge in [0.1, 0.15) is 0 Å². The first-order valence-corrected chi connectivity index (χ1v) is 16.0. The van der Waals surface area contributed by atoms with Gasteiger partial charge in [0.15, 0.2) is 0 Å². The highest BCUT2D eigenvalue weighted by Crippen LogP contribution is 2.43. The van der Waals surface area contributed by atoms with Crippen LogP contribution in [0.1, 0.15) is 49.3 Å². The first-order valence-electron chi connectivity index (χ1n) is 14.9. The number of hydrogen-bond acceptors (Lipinski definition) is 8. The van der Waals surface area contributed by atoms with Crippen LogP contribution in [0.5, 0.6) is 0 Å². The average molecular weight is 596 g/mol. The lowest BCUT2D eigenvalue weighted by Crippen LogP contribution is -2.53. The fraction of sp³-hybridized carbons (Fsp3) is 0.750. The molecule has 226 valence electrons. The number of rotatable bonds is 6. The van der Waals surface area contributed by atoms with Crippen molar-refractivity contribution in [2.24, 2.45) is 17.8 Å². The van der Waals surface area contributed by atoms with Crippen molar-refractivity contribution in [2.75, 3.05) is 45.9 Å². The summed E-state index contributed by atoms with van der Waals surface area (Å²) in [6.45, 7) is 4.31. The summed E-state index contributed by atoms with van der Waals surface area (Å²) in [4.78, 5) is 18.3. The predicted octanol–water partition coefficient (Wildman–Crippen LogP) is 2.67. The molecular formula is C28H40F3N7O2S. The third-order valence-electron chi connectivity index (χ3n) is 10.1. The van der Waals surface area contributed by atoms with Gasteiger partial charge in [-0.05, 0) is 56.2 Å². The maximum absolute atomic E-state index is 14.4. The van der Waals surface area contributed by atoms with E-state index >= 15 is 0 Å². The summed E-state index contributed by atoms with van der Waals surface area (Å²) in [5.74, 6) is 2.05. The molecule has 1 saturated carbocycles. The van der Waals surface area contributed by atoms with Crippen molar-refractivity contribution >= 4 is 17.3 Å². The van der Waals surface area contributed by atoms with Gasteiger partial charge in [0, 0.05) is 61.2 Å². The number of nitrogens with one attached hydrogen (secondary N) is 3. The molecule has 5 fully saturated rings. The standard InChI is InChI=1S/C28H40F3N7O2S/c1-35-15-33-34-26(35)25(19-13-40-14-19)18-3-2-4-20(8-18)37-11-23-21(28(29,30)31)7-17(10-38(23)27(37)39)9-36-6-5-22-24(12-36)41-16-32-22/h7,10-11,18-20,22,24-26,32-34H,2-6,8-9,12-16H2,1H3/t18?,20?,22?,24?,25-,26?/m0/s1. The van der Waals surface area contributed by atoms with Gasteiger partial charge in [-0.1, -0.05) is 6.42 Å². The molecule has 2 aromatic rings. The van der Waals surface area contributed by atoms with Crippen molar-refractivity contribution in [3.8, 4) is 0 Å². The van der Waals surface area contributed by atoms with Gasteiger partial charge in [-0.15, -0.1) is 11.8 Å². The van der Waals surface area contributed by atoms with Crippen LogP contribution in [0.2, 0.25) is 0 Å². The smallest absolute Gasteiger partial charge is 0.381 e. The Balaban J connectivity index is 1.17. The average Bonchev–Trinajstić information content (AvgIpc) is 3.64. The van der Waals surface area contributed by atoms with E-state index in [4.69, 9.17) is 4.74 Å². The zero-order valence-corrected chi connectivity index (χ0v) is 24.2. The Hall–Kier alpha value is -1.61. The Labute approximate surface area is 242 Å². The van der Waals surface area contributed by atoms with Crippen molar-refractivity contribution in [2.45, 2.75) is 68.3 Å². The quantitative estimate of drug-likeness (QED) is 0.471. The molecule has 6 heterocycles. The lowest BCUT2D eigenvalue weighted by molar-refractivity contribution is -0.136. The van der Waals surface area contributed by atoms with Gasteiger partial charge in [-0.3, -0.25) is 18.8 Å². The molecule has 4 saturated heterocycles. The Morgan fingerprint density at radius 2 is 2.02 bits per heavy atom. The van der Waals surface area contributed by atoms with E-state index in [9.17, 15) is 18.0 Å². The second-order valence-electron chi connectivity index (χ2n) is 12.7. The Morgan fingerprint density at radius 3 is 2.76 bits per heavy atom. The number of thioether (sulfide) groups is 1. The molecular weight excluding hydrogens is 555 g/mol. The zero-order chi connectivity index (χ0) is 28.3. The van der Waals surface area contributed by atoms with Gasteiger partial charge in [0.25, 0.3) is 0 Å². The third-order valence-corrected chi connectivity index (χ3v) is 11.3. The molecule has 0 spiro atoms. The van der Waals surface area contributed by atoms with Gasteiger partial charge in [-0.2, -0.15) is 13.2 Å². The maximum atomic E-state index is 14.4. The fourth-order valence-corrected chi connectivity index (χ4v) is 9.24. The molecule has 5 unspecified atom stereocenters. The lowest BCUT2D eigenvalue weighted by Gasteiger charge is -2.45. The Bertz CT molecular complexity index is 1310. The number of halogens is 3. The molecule has 5 aliphatic rings. The topological polar surface area (TPSA) is 78.2 Å². The van der Waals surface area contributed by atoms with Crippen LogP contribution in [-0.4, -0.2) is 82.1 Å². The van der Waals surface area contributed by atoms with Gasteiger partial charge in [0.05, 0.1) is 37.1 Å². The number of hydrazine groups is 1. The summed E-state index contributed by atoms with van der Waals surface area (Å²) < 4.78 is 51.5. The summed E-state index contributed by atoms with van der Waals surface area (Å²) in [6, 6.07) is 1.62. The highest BCUT2D eigenvalue weighted by Gasteiger charge is 2.44. The van der Waals surface area contributed by atoms with Crippen molar-refractivity contribution in [3.05, 3.63) is 40.1 Å². The third kappa shape index (κ3) is 5.36. The highest BCUT2D eigenvalue weighted by molar-refractivity contribution is 8.00. The summed E-state index contributed by atoms with van der Waals surface area (Å²) in [6.07, 6.45) is 3.29. The normalized spacial score (nSPS) is 32.8. The van der Waals surface area contributed by atoms with Crippen LogP contribution >= 0.6 is 11.8 Å². The maximum Gasteiger partial charge on any atom is 0.418 e. The molecule has 0 bridgehead atoms. The lowest BCUT2D eigenvalue weighted by atomic mass is 9.70. The largest absolute Gasteiger partial charge is 0.418 e. The second-order valence-corrected chi connectivity index (χ2v) is 13.9. The van der Waals surface area contributed by atoms with Crippen LogP contribution in [0.15, 0.2) is 23.3 Å². The molecule has 3 N–H and O–H groups in total. The molecule has 7 rings (SSSR count). The van der Waals surface area contributed by atoms with E-state index in [1.165, 1.54) is 16.7 Å². The SMILES string of the molecule is CN1CNNC1[C@H](C1COC1)C1CCCC(n2cc3c(C(F)(F)F)cc(CN4CCC5NCSC5C4)cn3c2=O)C1. The summed E-state index contributed by atoms with van der Waals surface area (Å²) in [5, 5.41) is 3.96. The minimum atomic E-state index is -4.55. The molecule has 0 radical (unpaired) electrons. The van der Waals surface area contributed by atoms with Crippen LogP contribution in [0.4, 0.5) is 13.2 Å². The number of fused-ring (bicyclic) bond motifs is 2. The van der Waals surface area contributed by atoms with Crippen LogP contribution < -0.4 is 21.9 Å². The number of aromatic nitrogens is 2. The molecule has 13 heteroatoms. The number of hydrogen-bond donors (Lipinski definition) is 3. The van der Waals surface area contributed by atoms with Crippen molar-refractivity contribution in [1.82, 2.24) is 34.9 Å². The molecule has 1 aliphatic carbocycles. The van der Waals surface area contributed by atoms with E-state index in [1.54, 1.807) is 10.8 Å². The van der Waals surface area contributed by atoms with Crippen LogP contribution in [-0.2, 0) is 17.5 Å². The monoisotopic (exact) mass is 595 g/mol. The number of piperidine rings is 1. The predicted molar refractivity (Wildman–Crippen MR) is 151 cm³/mol. The zero-order valence-electron chi connectivity index (χ0n) is 23.4.